The van der Waals surface area contributed by atoms with Crippen molar-refractivity contribution in [1.29, 1.82) is 0 Å². The van der Waals surface area contributed by atoms with Crippen molar-refractivity contribution in [3.63, 3.8) is 0 Å². The molecule has 0 aliphatic heterocycles. The van der Waals surface area contributed by atoms with Crippen LogP contribution in [-0.2, 0) is 5.41 Å². The minimum Gasteiger partial charge on any atom is -0.310 e. The largest absolute Gasteiger partial charge is 0.310 e. The van der Waals surface area contributed by atoms with Crippen LogP contribution in [0.5, 0.6) is 0 Å². The first kappa shape index (κ1) is 33.0. The Bertz CT molecular complexity index is 2890. The molecule has 0 heterocycles. The van der Waals surface area contributed by atoms with Gasteiger partial charge in [0.05, 0.1) is 5.69 Å². The molecule has 264 valence electrons. The third-order valence-corrected chi connectivity index (χ3v) is 11.7. The highest BCUT2D eigenvalue weighted by molar-refractivity contribution is 6.21. The molecule has 0 N–H and O–H groups in total. The standard InChI is InChI=1S/C53H42N2/c1-35-23-27-39(28-24-35)54(37-15-7-5-8-16-37)41-31-32-46-47(33-41)42-19-11-13-21-44(42)50-48-34-49(43-20-12-14-22-45(43)51(48)53(3,4)52(46)50)55(38-17-9-6-10-18-38)40-29-25-36(2)26-30-40/h5-34H,1-4H3. The van der Waals surface area contributed by atoms with Gasteiger partial charge >= 0.3 is 0 Å². The summed E-state index contributed by atoms with van der Waals surface area (Å²) in [5, 5.41) is 7.69. The van der Waals surface area contributed by atoms with E-state index < -0.39 is 0 Å². The molecule has 0 bridgehead atoms. The van der Waals surface area contributed by atoms with Gasteiger partial charge in [-0.2, -0.15) is 0 Å². The van der Waals surface area contributed by atoms with Gasteiger partial charge < -0.3 is 9.80 Å². The van der Waals surface area contributed by atoms with Crippen molar-refractivity contribution in [2.75, 3.05) is 9.80 Å². The zero-order valence-corrected chi connectivity index (χ0v) is 31.7. The van der Waals surface area contributed by atoms with Gasteiger partial charge in [-0.1, -0.05) is 140 Å². The maximum atomic E-state index is 2.49. The van der Waals surface area contributed by atoms with E-state index in [1.807, 2.05) is 0 Å². The smallest absolute Gasteiger partial charge is 0.0546 e. The number of benzene rings is 9. The molecule has 2 heteroatoms. The van der Waals surface area contributed by atoms with Crippen LogP contribution >= 0.6 is 0 Å². The van der Waals surface area contributed by atoms with Crippen LogP contribution in [0.1, 0.15) is 36.1 Å². The summed E-state index contributed by atoms with van der Waals surface area (Å²) < 4.78 is 0. The molecule has 0 aromatic heterocycles. The maximum absolute atomic E-state index is 2.49. The fourth-order valence-electron chi connectivity index (χ4n) is 9.20. The second-order valence-electron chi connectivity index (χ2n) is 15.5. The van der Waals surface area contributed by atoms with Crippen molar-refractivity contribution < 1.29 is 0 Å². The van der Waals surface area contributed by atoms with Gasteiger partial charge in [-0.05, 0) is 130 Å². The molecule has 0 amide bonds. The Labute approximate surface area is 323 Å². The van der Waals surface area contributed by atoms with Gasteiger partial charge in [0.1, 0.15) is 0 Å². The van der Waals surface area contributed by atoms with Crippen LogP contribution in [-0.4, -0.2) is 0 Å². The Balaban J connectivity index is 1.26. The predicted octanol–water partition coefficient (Wildman–Crippen LogP) is 15.0. The van der Waals surface area contributed by atoms with Crippen molar-refractivity contribution in [1.82, 2.24) is 0 Å². The number of rotatable bonds is 6. The highest BCUT2D eigenvalue weighted by Crippen LogP contribution is 2.58. The van der Waals surface area contributed by atoms with Gasteiger partial charge in [0.25, 0.3) is 0 Å². The van der Waals surface area contributed by atoms with Crippen LogP contribution in [0.15, 0.2) is 182 Å². The molecule has 2 nitrogen and oxygen atoms in total. The first-order chi connectivity index (χ1) is 26.9. The highest BCUT2D eigenvalue weighted by atomic mass is 15.1. The molecular formula is C53H42N2. The van der Waals surface area contributed by atoms with Crippen molar-refractivity contribution in [3.05, 3.63) is 204 Å². The summed E-state index contributed by atoms with van der Waals surface area (Å²) in [6.45, 7) is 9.17. The number of hydrogen-bond donors (Lipinski definition) is 0. The predicted molar refractivity (Wildman–Crippen MR) is 235 cm³/mol. The van der Waals surface area contributed by atoms with Crippen molar-refractivity contribution in [3.8, 4) is 11.1 Å². The molecule has 10 rings (SSSR count). The van der Waals surface area contributed by atoms with Crippen LogP contribution in [0, 0.1) is 13.8 Å². The number of anilines is 6. The average Bonchev–Trinajstić information content (AvgIpc) is 3.47. The van der Waals surface area contributed by atoms with E-state index in [4.69, 9.17) is 0 Å². The molecule has 0 atom stereocenters. The lowest BCUT2D eigenvalue weighted by Crippen LogP contribution is -2.17. The number of aryl methyl sites for hydroxylation is 2. The molecule has 0 spiro atoms. The Kier molecular flexibility index (Phi) is 7.64. The molecule has 9 aromatic carbocycles. The van der Waals surface area contributed by atoms with Crippen LogP contribution in [0.2, 0.25) is 0 Å². The summed E-state index contributed by atoms with van der Waals surface area (Å²) in [6, 6.07) is 67.0. The molecule has 1 aliphatic rings. The van der Waals surface area contributed by atoms with Gasteiger partial charge in [0.2, 0.25) is 0 Å². The lowest BCUT2D eigenvalue weighted by atomic mass is 9.77. The highest BCUT2D eigenvalue weighted by Gasteiger charge is 2.41. The van der Waals surface area contributed by atoms with Crippen molar-refractivity contribution in [2.45, 2.75) is 33.1 Å². The lowest BCUT2D eigenvalue weighted by Gasteiger charge is -2.30. The molecule has 0 radical (unpaired) electrons. The summed E-state index contributed by atoms with van der Waals surface area (Å²) in [7, 11) is 0. The number of para-hydroxylation sites is 2. The van der Waals surface area contributed by atoms with Crippen molar-refractivity contribution >= 4 is 66.4 Å². The fraction of sp³-hybridized carbons (Fsp3) is 0.0943. The number of fused-ring (bicyclic) bond motifs is 10. The maximum Gasteiger partial charge on any atom is 0.0546 e. The van der Waals surface area contributed by atoms with E-state index in [1.165, 1.54) is 71.4 Å². The van der Waals surface area contributed by atoms with Crippen LogP contribution in [0.25, 0.3) is 43.4 Å². The first-order valence-corrected chi connectivity index (χ1v) is 19.3. The third kappa shape index (κ3) is 5.24. The van der Waals surface area contributed by atoms with Gasteiger partial charge in [-0.25, -0.2) is 0 Å². The molecule has 0 fully saturated rings. The van der Waals surface area contributed by atoms with Crippen LogP contribution in [0.4, 0.5) is 34.1 Å². The molecule has 9 aromatic rings. The number of hydrogen-bond acceptors (Lipinski definition) is 2. The quantitative estimate of drug-likeness (QED) is 0.159. The normalized spacial score (nSPS) is 12.9. The second-order valence-corrected chi connectivity index (χ2v) is 15.5. The molecule has 0 unspecified atom stereocenters. The minimum absolute atomic E-state index is 0.260. The van der Waals surface area contributed by atoms with E-state index in [0.717, 1.165) is 28.4 Å². The lowest BCUT2D eigenvalue weighted by molar-refractivity contribution is 0.672. The molecule has 0 saturated carbocycles. The topological polar surface area (TPSA) is 6.48 Å². The zero-order valence-electron chi connectivity index (χ0n) is 31.7. The van der Waals surface area contributed by atoms with Crippen LogP contribution < -0.4 is 9.80 Å². The Hall–Kier alpha value is -6.64. The van der Waals surface area contributed by atoms with E-state index in [9.17, 15) is 0 Å². The summed E-state index contributed by atoms with van der Waals surface area (Å²) in [6.07, 6.45) is 0. The summed E-state index contributed by atoms with van der Waals surface area (Å²) in [5.41, 5.74) is 14.6. The van der Waals surface area contributed by atoms with E-state index in [0.29, 0.717) is 0 Å². The summed E-state index contributed by atoms with van der Waals surface area (Å²) in [5.74, 6) is 0. The number of nitrogens with zero attached hydrogens (tertiary/aromatic N) is 2. The zero-order chi connectivity index (χ0) is 37.3. The van der Waals surface area contributed by atoms with Crippen LogP contribution in [0.3, 0.4) is 0 Å². The van der Waals surface area contributed by atoms with Gasteiger partial charge in [-0.15, -0.1) is 0 Å². The van der Waals surface area contributed by atoms with Crippen molar-refractivity contribution in [2.24, 2.45) is 0 Å². The van der Waals surface area contributed by atoms with E-state index in [2.05, 4.69) is 219 Å². The third-order valence-electron chi connectivity index (χ3n) is 11.7. The van der Waals surface area contributed by atoms with Gasteiger partial charge in [-0.3, -0.25) is 0 Å². The summed E-state index contributed by atoms with van der Waals surface area (Å²) >= 11 is 0. The SMILES string of the molecule is Cc1ccc(N(c2ccccc2)c2ccc3c4c(c5ccccc5c3c2)-c2cc(N(c3ccccc3)c3ccc(C)cc3)c3ccccc3c2C4(C)C)cc1. The molecule has 0 saturated heterocycles. The second kappa shape index (κ2) is 12.7. The van der Waals surface area contributed by atoms with E-state index in [1.54, 1.807) is 0 Å². The van der Waals surface area contributed by atoms with E-state index >= 15 is 0 Å². The monoisotopic (exact) mass is 706 g/mol. The Morgan fingerprint density at radius 1 is 0.345 bits per heavy atom. The van der Waals surface area contributed by atoms with Gasteiger partial charge in [0.15, 0.2) is 0 Å². The molecule has 1 aliphatic carbocycles. The first-order valence-electron chi connectivity index (χ1n) is 19.3. The fourth-order valence-corrected chi connectivity index (χ4v) is 9.20. The summed E-state index contributed by atoms with van der Waals surface area (Å²) in [4.78, 5) is 4.82. The Morgan fingerprint density at radius 2 is 0.800 bits per heavy atom. The van der Waals surface area contributed by atoms with E-state index in [-0.39, 0.29) is 5.41 Å². The minimum atomic E-state index is -0.260. The molecule has 55 heavy (non-hydrogen) atoms. The van der Waals surface area contributed by atoms with Gasteiger partial charge in [0, 0.05) is 39.2 Å². The Morgan fingerprint density at radius 3 is 1.42 bits per heavy atom. The average molecular weight is 707 g/mol. The molecular weight excluding hydrogens is 665 g/mol.